The molecule has 0 aromatic heterocycles. The van der Waals surface area contributed by atoms with Crippen LogP contribution in [-0.2, 0) is 0 Å². The molecule has 0 amide bonds. The minimum absolute atomic E-state index is 0.111. The number of nitrogens with one attached hydrogen (secondary N) is 1. The first-order valence-corrected chi connectivity index (χ1v) is 4.60. The second kappa shape index (κ2) is 5.14. The van der Waals surface area contributed by atoms with Gasteiger partial charge in [-0.2, -0.15) is 0 Å². The quantitative estimate of drug-likeness (QED) is 0.485. The second-order valence-electron chi connectivity index (χ2n) is 3.30. The highest BCUT2D eigenvalue weighted by Gasteiger charge is 2.18. The van der Waals surface area contributed by atoms with Gasteiger partial charge in [-0.3, -0.25) is 10.3 Å². The van der Waals surface area contributed by atoms with E-state index in [2.05, 4.69) is 25.7 Å². The smallest absolute Gasteiger partial charge is 0.108 e. The Morgan fingerprint density at radius 3 is 2.17 bits per heavy atom. The highest BCUT2D eigenvalue weighted by atomic mass is 15.2. The summed E-state index contributed by atoms with van der Waals surface area (Å²) in [6.07, 6.45) is 2.01. The fraction of sp³-hybridized carbons (Fsp3) is 0.889. The molecular formula is C9H21N3. The van der Waals surface area contributed by atoms with Crippen molar-refractivity contribution in [3.63, 3.8) is 0 Å². The van der Waals surface area contributed by atoms with E-state index in [4.69, 9.17) is 11.1 Å². The van der Waals surface area contributed by atoms with Crippen LogP contribution in [0, 0.1) is 5.41 Å². The molecule has 0 aliphatic heterocycles. The van der Waals surface area contributed by atoms with E-state index in [0.717, 1.165) is 12.8 Å². The van der Waals surface area contributed by atoms with Crippen molar-refractivity contribution in [1.82, 2.24) is 4.90 Å². The third-order valence-electron chi connectivity index (χ3n) is 2.52. The Labute approximate surface area is 75.4 Å². The van der Waals surface area contributed by atoms with Gasteiger partial charge in [0.1, 0.15) is 5.84 Å². The summed E-state index contributed by atoms with van der Waals surface area (Å²) in [6.45, 7) is 6.37. The molecule has 0 rings (SSSR count). The summed E-state index contributed by atoms with van der Waals surface area (Å²) in [5.74, 6) is 0.278. The zero-order chi connectivity index (χ0) is 9.72. The predicted molar refractivity (Wildman–Crippen MR) is 53.5 cm³/mol. The van der Waals surface area contributed by atoms with Crippen molar-refractivity contribution in [3.8, 4) is 0 Å². The molecule has 0 radical (unpaired) electrons. The molecule has 0 saturated heterocycles. The van der Waals surface area contributed by atoms with Gasteiger partial charge in [-0.15, -0.1) is 0 Å². The van der Waals surface area contributed by atoms with E-state index >= 15 is 0 Å². The Kier molecular flexibility index (Phi) is 4.90. The summed E-state index contributed by atoms with van der Waals surface area (Å²) in [7, 11) is 2.03. The van der Waals surface area contributed by atoms with Crippen LogP contribution in [0.4, 0.5) is 0 Å². The maximum atomic E-state index is 7.39. The van der Waals surface area contributed by atoms with Crippen molar-refractivity contribution in [2.24, 2.45) is 5.73 Å². The fourth-order valence-corrected chi connectivity index (χ4v) is 1.32. The van der Waals surface area contributed by atoms with Crippen LogP contribution < -0.4 is 5.73 Å². The molecular weight excluding hydrogens is 150 g/mol. The van der Waals surface area contributed by atoms with Gasteiger partial charge >= 0.3 is 0 Å². The number of likely N-dealkylation sites (N-methyl/N-ethyl adjacent to an activating group) is 1. The van der Waals surface area contributed by atoms with Gasteiger partial charge in [-0.05, 0) is 26.8 Å². The van der Waals surface area contributed by atoms with E-state index in [1.807, 2.05) is 7.05 Å². The summed E-state index contributed by atoms with van der Waals surface area (Å²) in [4.78, 5) is 2.17. The van der Waals surface area contributed by atoms with Crippen LogP contribution in [0.3, 0.4) is 0 Å². The summed E-state index contributed by atoms with van der Waals surface area (Å²) < 4.78 is 0. The zero-order valence-corrected chi connectivity index (χ0v) is 8.59. The van der Waals surface area contributed by atoms with Crippen molar-refractivity contribution < 1.29 is 0 Å². The van der Waals surface area contributed by atoms with Gasteiger partial charge in [0.2, 0.25) is 0 Å². The van der Waals surface area contributed by atoms with Crippen molar-refractivity contribution in [2.45, 2.75) is 45.7 Å². The van der Waals surface area contributed by atoms with Gasteiger partial charge in [0.25, 0.3) is 0 Å². The van der Waals surface area contributed by atoms with Gasteiger partial charge < -0.3 is 5.73 Å². The number of nitrogens with zero attached hydrogens (tertiary/aromatic N) is 1. The number of nitrogens with two attached hydrogens (primary N) is 1. The van der Waals surface area contributed by atoms with Gasteiger partial charge in [0, 0.05) is 6.04 Å². The lowest BCUT2D eigenvalue weighted by molar-refractivity contribution is 0.216. The fourth-order valence-electron chi connectivity index (χ4n) is 1.32. The lowest BCUT2D eigenvalue weighted by Crippen LogP contribution is -2.45. The first-order chi connectivity index (χ1) is 5.54. The molecule has 2 atom stereocenters. The maximum absolute atomic E-state index is 7.39. The van der Waals surface area contributed by atoms with Crippen LogP contribution in [-0.4, -0.2) is 29.9 Å². The Balaban J connectivity index is 4.20. The zero-order valence-electron chi connectivity index (χ0n) is 8.59. The Morgan fingerprint density at radius 2 is 1.92 bits per heavy atom. The standard InChI is InChI=1S/C9H21N3/c1-5-7(3)12(4)8(6-2)9(10)11/h7-8H,5-6H2,1-4H3,(H3,10,11). The highest BCUT2D eigenvalue weighted by Crippen LogP contribution is 2.08. The molecule has 0 aromatic rings. The summed E-state index contributed by atoms with van der Waals surface area (Å²) in [6, 6.07) is 0.610. The van der Waals surface area contributed by atoms with Crippen LogP contribution in [0.25, 0.3) is 0 Å². The molecule has 0 spiro atoms. The number of rotatable bonds is 5. The average molecular weight is 171 g/mol. The summed E-state index contributed by atoms with van der Waals surface area (Å²) in [5.41, 5.74) is 5.48. The van der Waals surface area contributed by atoms with Crippen LogP contribution in [0.15, 0.2) is 0 Å². The SMILES string of the molecule is CCC(C)N(C)C(CC)C(=N)N. The van der Waals surface area contributed by atoms with Crippen LogP contribution in [0.1, 0.15) is 33.6 Å². The first-order valence-electron chi connectivity index (χ1n) is 4.60. The third kappa shape index (κ3) is 2.81. The monoisotopic (exact) mass is 171 g/mol. The van der Waals surface area contributed by atoms with Gasteiger partial charge in [0.05, 0.1) is 6.04 Å². The third-order valence-corrected chi connectivity index (χ3v) is 2.52. The molecule has 0 aliphatic carbocycles. The second-order valence-corrected chi connectivity index (χ2v) is 3.30. The number of hydrogen-bond donors (Lipinski definition) is 2. The van der Waals surface area contributed by atoms with Crippen molar-refractivity contribution >= 4 is 5.84 Å². The molecule has 3 heteroatoms. The Bertz CT molecular complexity index is 145. The van der Waals surface area contributed by atoms with Gasteiger partial charge in [-0.25, -0.2) is 0 Å². The topological polar surface area (TPSA) is 53.1 Å². The van der Waals surface area contributed by atoms with E-state index in [0.29, 0.717) is 6.04 Å². The highest BCUT2D eigenvalue weighted by molar-refractivity contribution is 5.82. The minimum Gasteiger partial charge on any atom is -0.386 e. The Hall–Kier alpha value is -0.570. The first kappa shape index (κ1) is 11.4. The molecule has 0 aromatic carbocycles. The molecule has 72 valence electrons. The van der Waals surface area contributed by atoms with E-state index in [9.17, 15) is 0 Å². The Morgan fingerprint density at radius 1 is 1.42 bits per heavy atom. The van der Waals surface area contributed by atoms with Crippen LogP contribution in [0.2, 0.25) is 0 Å². The molecule has 3 N–H and O–H groups in total. The summed E-state index contributed by atoms with van der Waals surface area (Å²) in [5, 5.41) is 7.39. The number of hydrogen-bond acceptors (Lipinski definition) is 2. The number of amidine groups is 1. The predicted octanol–water partition coefficient (Wildman–Crippen LogP) is 1.43. The van der Waals surface area contributed by atoms with Crippen LogP contribution >= 0.6 is 0 Å². The van der Waals surface area contributed by atoms with E-state index in [1.54, 1.807) is 0 Å². The average Bonchev–Trinajstić information content (AvgIpc) is 2.03. The maximum Gasteiger partial charge on any atom is 0.108 e. The molecule has 0 heterocycles. The molecule has 2 unspecified atom stereocenters. The lowest BCUT2D eigenvalue weighted by atomic mass is 10.1. The minimum atomic E-state index is 0.111. The molecule has 12 heavy (non-hydrogen) atoms. The molecule has 0 fully saturated rings. The largest absolute Gasteiger partial charge is 0.386 e. The molecule has 0 aliphatic rings. The van der Waals surface area contributed by atoms with Gasteiger partial charge in [-0.1, -0.05) is 13.8 Å². The van der Waals surface area contributed by atoms with Crippen molar-refractivity contribution in [2.75, 3.05) is 7.05 Å². The summed E-state index contributed by atoms with van der Waals surface area (Å²) >= 11 is 0. The van der Waals surface area contributed by atoms with Crippen LogP contribution in [0.5, 0.6) is 0 Å². The van der Waals surface area contributed by atoms with Gasteiger partial charge in [0.15, 0.2) is 0 Å². The van der Waals surface area contributed by atoms with E-state index in [1.165, 1.54) is 0 Å². The lowest BCUT2D eigenvalue weighted by Gasteiger charge is -2.31. The van der Waals surface area contributed by atoms with Crippen molar-refractivity contribution in [1.29, 1.82) is 5.41 Å². The van der Waals surface area contributed by atoms with E-state index in [-0.39, 0.29) is 11.9 Å². The molecule has 0 bridgehead atoms. The van der Waals surface area contributed by atoms with Crippen molar-refractivity contribution in [3.05, 3.63) is 0 Å². The molecule has 3 nitrogen and oxygen atoms in total. The van der Waals surface area contributed by atoms with E-state index < -0.39 is 0 Å². The normalized spacial score (nSPS) is 16.1. The molecule has 0 saturated carbocycles.